The fraction of sp³-hybridized carbons (Fsp3) is 0.615. The Hall–Kier alpha value is -1.63. The number of aromatic nitrogens is 1. The van der Waals surface area contributed by atoms with E-state index in [1.807, 2.05) is 5.38 Å². The molecule has 1 aliphatic rings. The van der Waals surface area contributed by atoms with Gasteiger partial charge >= 0.3 is 12.0 Å². The average Bonchev–Trinajstić information content (AvgIpc) is 2.91. The third-order valence-electron chi connectivity index (χ3n) is 3.56. The Morgan fingerprint density at radius 3 is 2.75 bits per heavy atom. The summed E-state index contributed by atoms with van der Waals surface area (Å²) in [5.74, 6) is -0.559. The van der Waals surface area contributed by atoms with Crippen molar-refractivity contribution in [2.24, 2.45) is 5.92 Å². The van der Waals surface area contributed by atoms with Crippen molar-refractivity contribution in [2.75, 3.05) is 20.1 Å². The molecule has 6 nitrogen and oxygen atoms in total. The molecule has 1 aliphatic heterocycles. The second-order valence-electron chi connectivity index (χ2n) is 5.15. The predicted molar refractivity (Wildman–Crippen MR) is 75.5 cm³/mol. The van der Waals surface area contributed by atoms with Gasteiger partial charge in [0.25, 0.3) is 0 Å². The van der Waals surface area contributed by atoms with Crippen molar-refractivity contribution >= 4 is 23.3 Å². The second kappa shape index (κ2) is 6.69. The molecule has 0 aliphatic carbocycles. The highest BCUT2D eigenvalue weighted by Gasteiger charge is 2.26. The molecule has 110 valence electrons. The number of thiazole rings is 1. The fourth-order valence-electron chi connectivity index (χ4n) is 2.44. The molecule has 0 aromatic carbocycles. The first-order valence-electron chi connectivity index (χ1n) is 6.65. The number of rotatable bonds is 4. The topological polar surface area (TPSA) is 73.7 Å². The predicted octanol–water partition coefficient (Wildman–Crippen LogP) is 1.88. The molecule has 1 aromatic rings. The molecule has 0 saturated carbocycles. The van der Waals surface area contributed by atoms with E-state index in [0.29, 0.717) is 19.6 Å². The Labute approximate surface area is 122 Å². The van der Waals surface area contributed by atoms with Crippen molar-refractivity contribution < 1.29 is 14.7 Å². The normalized spacial score (nSPS) is 16.1. The van der Waals surface area contributed by atoms with Crippen LogP contribution in [0.2, 0.25) is 0 Å². The second-order valence-corrected chi connectivity index (χ2v) is 5.87. The lowest BCUT2D eigenvalue weighted by Gasteiger charge is -2.34. The van der Waals surface area contributed by atoms with Gasteiger partial charge in [0.05, 0.1) is 17.7 Å². The summed E-state index contributed by atoms with van der Waals surface area (Å²) in [5.41, 5.74) is 2.65. The quantitative estimate of drug-likeness (QED) is 0.921. The number of carbonyl (C=O) groups is 2. The number of likely N-dealkylation sites (tertiary alicyclic amines) is 1. The monoisotopic (exact) mass is 297 g/mol. The molecule has 0 unspecified atom stereocenters. The van der Waals surface area contributed by atoms with Crippen LogP contribution in [0, 0.1) is 5.92 Å². The van der Waals surface area contributed by atoms with Gasteiger partial charge in [0.1, 0.15) is 0 Å². The fourth-order valence-corrected chi connectivity index (χ4v) is 2.99. The van der Waals surface area contributed by atoms with E-state index < -0.39 is 5.97 Å². The first-order chi connectivity index (χ1) is 9.56. The summed E-state index contributed by atoms with van der Waals surface area (Å²) in [4.78, 5) is 30.6. The van der Waals surface area contributed by atoms with E-state index >= 15 is 0 Å². The minimum Gasteiger partial charge on any atom is -0.481 e. The molecule has 0 spiro atoms. The molecule has 0 bridgehead atoms. The summed E-state index contributed by atoms with van der Waals surface area (Å²) in [6.07, 6.45) is 1.74. The number of piperidine rings is 1. The summed E-state index contributed by atoms with van der Waals surface area (Å²) >= 11 is 1.52. The number of hydrogen-bond acceptors (Lipinski definition) is 4. The number of carbonyl (C=O) groups excluding carboxylic acids is 1. The van der Waals surface area contributed by atoms with Crippen molar-refractivity contribution in [1.82, 2.24) is 14.8 Å². The summed E-state index contributed by atoms with van der Waals surface area (Å²) in [6, 6.07) is -0.00762. The molecule has 1 fully saturated rings. The van der Waals surface area contributed by atoms with Gasteiger partial charge in [0.2, 0.25) is 0 Å². The van der Waals surface area contributed by atoms with E-state index in [1.54, 1.807) is 22.4 Å². The van der Waals surface area contributed by atoms with Crippen LogP contribution in [-0.2, 0) is 11.3 Å². The molecule has 7 heteroatoms. The van der Waals surface area contributed by atoms with Gasteiger partial charge in [0, 0.05) is 31.9 Å². The van der Waals surface area contributed by atoms with Crippen LogP contribution in [0.15, 0.2) is 10.9 Å². The number of hydrogen-bond donors (Lipinski definition) is 1. The number of aliphatic carboxylic acids is 1. The zero-order valence-electron chi connectivity index (χ0n) is 11.5. The van der Waals surface area contributed by atoms with Crippen LogP contribution in [0.25, 0.3) is 0 Å². The van der Waals surface area contributed by atoms with Gasteiger partial charge in [-0.25, -0.2) is 9.78 Å². The van der Waals surface area contributed by atoms with E-state index in [0.717, 1.165) is 18.5 Å². The molecular weight excluding hydrogens is 278 g/mol. The van der Waals surface area contributed by atoms with E-state index in [-0.39, 0.29) is 18.4 Å². The van der Waals surface area contributed by atoms with Crippen molar-refractivity contribution in [3.63, 3.8) is 0 Å². The summed E-state index contributed by atoms with van der Waals surface area (Å²) in [5, 5.41) is 10.7. The molecule has 0 radical (unpaired) electrons. The Morgan fingerprint density at radius 1 is 1.50 bits per heavy atom. The molecule has 2 rings (SSSR count). The van der Waals surface area contributed by atoms with Gasteiger partial charge in [-0.1, -0.05) is 0 Å². The van der Waals surface area contributed by atoms with Crippen LogP contribution >= 0.6 is 11.3 Å². The highest BCUT2D eigenvalue weighted by molar-refractivity contribution is 7.07. The number of carboxylic acids is 1. The number of nitrogens with zero attached hydrogens (tertiary/aromatic N) is 3. The maximum Gasteiger partial charge on any atom is 0.320 e. The molecular formula is C13H19N3O3S. The standard InChI is InChI=1S/C13H19N3O3S/c1-15(7-11-8-20-9-14-11)13(19)16-4-2-10(3-5-16)6-12(17)18/h8-10H,2-7H2,1H3,(H,17,18). The zero-order valence-corrected chi connectivity index (χ0v) is 12.3. The molecule has 1 saturated heterocycles. The summed E-state index contributed by atoms with van der Waals surface area (Å²) in [7, 11) is 1.77. The number of carboxylic acid groups (broad SMARTS) is 1. The van der Waals surface area contributed by atoms with Crippen molar-refractivity contribution in [3.05, 3.63) is 16.6 Å². The van der Waals surface area contributed by atoms with E-state index in [1.165, 1.54) is 11.3 Å². The summed E-state index contributed by atoms with van der Waals surface area (Å²) < 4.78 is 0. The van der Waals surface area contributed by atoms with Gasteiger partial charge in [-0.2, -0.15) is 0 Å². The first kappa shape index (κ1) is 14.8. The number of amides is 2. The Balaban J connectivity index is 1.80. The molecule has 1 N–H and O–H groups in total. The van der Waals surface area contributed by atoms with Gasteiger partial charge in [-0.15, -0.1) is 11.3 Å². The van der Waals surface area contributed by atoms with Crippen LogP contribution in [0.3, 0.4) is 0 Å². The summed E-state index contributed by atoms with van der Waals surface area (Å²) in [6.45, 7) is 1.79. The van der Waals surface area contributed by atoms with Gasteiger partial charge in [-0.3, -0.25) is 4.79 Å². The minimum absolute atomic E-state index is 0.00762. The third kappa shape index (κ3) is 3.93. The largest absolute Gasteiger partial charge is 0.481 e. The maximum absolute atomic E-state index is 12.3. The van der Waals surface area contributed by atoms with E-state index in [9.17, 15) is 9.59 Å². The Morgan fingerprint density at radius 2 is 2.20 bits per heavy atom. The zero-order chi connectivity index (χ0) is 14.5. The van der Waals surface area contributed by atoms with Gasteiger partial charge in [-0.05, 0) is 18.8 Å². The van der Waals surface area contributed by atoms with E-state index in [2.05, 4.69) is 4.98 Å². The van der Waals surface area contributed by atoms with Crippen LogP contribution in [0.4, 0.5) is 4.79 Å². The maximum atomic E-state index is 12.3. The average molecular weight is 297 g/mol. The van der Waals surface area contributed by atoms with Crippen molar-refractivity contribution in [3.8, 4) is 0 Å². The number of urea groups is 1. The van der Waals surface area contributed by atoms with Gasteiger partial charge < -0.3 is 14.9 Å². The highest BCUT2D eigenvalue weighted by atomic mass is 32.1. The van der Waals surface area contributed by atoms with E-state index in [4.69, 9.17) is 5.11 Å². The van der Waals surface area contributed by atoms with Crippen LogP contribution in [0.1, 0.15) is 25.0 Å². The van der Waals surface area contributed by atoms with Crippen LogP contribution in [0.5, 0.6) is 0 Å². The van der Waals surface area contributed by atoms with Crippen LogP contribution in [-0.4, -0.2) is 52.0 Å². The van der Waals surface area contributed by atoms with Crippen molar-refractivity contribution in [1.29, 1.82) is 0 Å². The minimum atomic E-state index is -0.754. The smallest absolute Gasteiger partial charge is 0.320 e. The molecule has 0 atom stereocenters. The molecule has 1 aromatic heterocycles. The third-order valence-corrected chi connectivity index (χ3v) is 4.19. The molecule has 2 amide bonds. The molecule has 20 heavy (non-hydrogen) atoms. The Kier molecular flexibility index (Phi) is 4.94. The SMILES string of the molecule is CN(Cc1cscn1)C(=O)N1CCC(CC(=O)O)CC1. The first-order valence-corrected chi connectivity index (χ1v) is 7.59. The lowest BCUT2D eigenvalue weighted by Crippen LogP contribution is -2.45. The van der Waals surface area contributed by atoms with Crippen molar-refractivity contribution in [2.45, 2.75) is 25.8 Å². The van der Waals surface area contributed by atoms with Crippen LogP contribution < -0.4 is 0 Å². The van der Waals surface area contributed by atoms with Gasteiger partial charge in [0.15, 0.2) is 0 Å². The highest BCUT2D eigenvalue weighted by Crippen LogP contribution is 2.21. The lowest BCUT2D eigenvalue weighted by molar-refractivity contribution is -0.138. The lowest BCUT2D eigenvalue weighted by atomic mass is 9.94. The Bertz CT molecular complexity index is 455. The molecule has 2 heterocycles.